The number of nitro benzene ring substituents is 1. The highest BCUT2D eigenvalue weighted by Crippen LogP contribution is 2.42. The predicted octanol–water partition coefficient (Wildman–Crippen LogP) is 5.02. The minimum absolute atomic E-state index is 0.284. The second kappa shape index (κ2) is 9.67. The highest BCUT2D eigenvalue weighted by Gasteiger charge is 2.61. The van der Waals surface area contributed by atoms with Gasteiger partial charge in [0.2, 0.25) is 0 Å². The molecule has 182 valence electrons. The van der Waals surface area contributed by atoms with E-state index >= 15 is 0 Å². The number of carbonyl (C=O) groups excluding carboxylic acids is 1. The van der Waals surface area contributed by atoms with Crippen LogP contribution in [0.15, 0.2) is 108 Å². The molecule has 0 amide bonds. The van der Waals surface area contributed by atoms with Crippen LogP contribution in [-0.2, 0) is 9.84 Å². The van der Waals surface area contributed by atoms with Gasteiger partial charge < -0.3 is 0 Å². The first-order chi connectivity index (χ1) is 17.2. The second-order valence-corrected chi connectivity index (χ2v) is 10.2. The van der Waals surface area contributed by atoms with Crippen LogP contribution in [-0.4, -0.2) is 28.9 Å². The number of rotatable bonds is 8. The summed E-state index contributed by atoms with van der Waals surface area (Å²) in [5.41, 5.74) is 0.869. The Morgan fingerprint density at radius 1 is 0.861 bits per heavy atom. The number of ketones is 1. The molecule has 36 heavy (non-hydrogen) atoms. The molecule has 9 nitrogen and oxygen atoms in total. The lowest BCUT2D eigenvalue weighted by atomic mass is 9.86. The minimum atomic E-state index is -4.97. The van der Waals surface area contributed by atoms with Crippen LogP contribution in [0.3, 0.4) is 0 Å². The van der Waals surface area contributed by atoms with Crippen molar-refractivity contribution in [3.05, 3.63) is 129 Å². The summed E-state index contributed by atoms with van der Waals surface area (Å²) >= 11 is 0. The summed E-state index contributed by atoms with van der Waals surface area (Å²) < 4.78 is 27.5. The van der Waals surface area contributed by atoms with Gasteiger partial charge in [0.1, 0.15) is 0 Å². The van der Waals surface area contributed by atoms with Gasteiger partial charge in [-0.1, -0.05) is 85.0 Å². The van der Waals surface area contributed by atoms with E-state index in [1.54, 1.807) is 24.3 Å². The van der Waals surface area contributed by atoms with Crippen molar-refractivity contribution in [3.63, 3.8) is 0 Å². The summed E-state index contributed by atoms with van der Waals surface area (Å²) in [5, 5.41) is 24.0. The molecule has 0 aromatic heterocycles. The number of benzene rings is 3. The zero-order valence-electron chi connectivity index (χ0n) is 18.8. The quantitative estimate of drug-likeness (QED) is 0.238. The molecule has 1 aliphatic rings. The largest absolute Gasteiger partial charge is 0.348 e. The van der Waals surface area contributed by atoms with Crippen molar-refractivity contribution in [3.8, 4) is 11.1 Å². The smallest absolute Gasteiger partial charge is 0.294 e. The maximum absolute atomic E-state index is 13.8. The summed E-state index contributed by atoms with van der Waals surface area (Å²) in [5.74, 6) is -1.91. The van der Waals surface area contributed by atoms with E-state index in [4.69, 9.17) is 0 Å². The van der Waals surface area contributed by atoms with E-state index in [-0.39, 0.29) is 5.56 Å². The first-order valence-electron chi connectivity index (χ1n) is 10.9. The van der Waals surface area contributed by atoms with Crippen LogP contribution in [0.1, 0.15) is 16.8 Å². The van der Waals surface area contributed by atoms with E-state index in [0.717, 1.165) is 23.8 Å². The Balaban J connectivity index is 1.81. The maximum Gasteiger partial charge on any atom is 0.348 e. The normalized spacial score (nSPS) is 19.1. The number of carbonyl (C=O) groups is 1. The van der Waals surface area contributed by atoms with E-state index in [9.17, 15) is 33.4 Å². The molecule has 2 unspecified atom stereocenters. The molecule has 2 atom stereocenters. The summed E-state index contributed by atoms with van der Waals surface area (Å²) in [7, 11) is -4.97. The zero-order valence-corrected chi connectivity index (χ0v) is 19.6. The number of hydrogen-bond acceptors (Lipinski definition) is 7. The first kappa shape index (κ1) is 24.7. The average Bonchev–Trinajstić information content (AvgIpc) is 2.89. The maximum atomic E-state index is 13.8. The third-order valence-electron chi connectivity index (χ3n) is 6.11. The van der Waals surface area contributed by atoms with Crippen molar-refractivity contribution < 1.29 is 23.1 Å². The van der Waals surface area contributed by atoms with Gasteiger partial charge in [0.15, 0.2) is 10.7 Å². The summed E-state index contributed by atoms with van der Waals surface area (Å²) in [6.45, 7) is 0. The molecule has 0 saturated carbocycles. The minimum Gasteiger partial charge on any atom is -0.294 e. The third kappa shape index (κ3) is 4.11. The van der Waals surface area contributed by atoms with Crippen LogP contribution < -0.4 is 0 Å². The van der Waals surface area contributed by atoms with Gasteiger partial charge in [-0.3, -0.25) is 25.0 Å². The van der Waals surface area contributed by atoms with E-state index in [1.165, 1.54) is 30.4 Å². The molecule has 0 saturated heterocycles. The van der Waals surface area contributed by atoms with Gasteiger partial charge >= 0.3 is 4.87 Å². The Hall–Kier alpha value is -4.44. The monoisotopic (exact) mass is 504 g/mol. The number of sulfone groups is 1. The van der Waals surface area contributed by atoms with E-state index in [0.29, 0.717) is 5.56 Å². The van der Waals surface area contributed by atoms with Crippen LogP contribution in [0, 0.1) is 26.1 Å². The topological polar surface area (TPSA) is 137 Å². The van der Waals surface area contributed by atoms with Gasteiger partial charge in [-0.15, -0.1) is 0 Å². The number of Topliss-reactive ketones (excluding diaryl/α,β-unsaturated/α-hetero) is 1. The molecule has 0 heterocycles. The van der Waals surface area contributed by atoms with E-state index in [2.05, 4.69) is 0 Å². The van der Waals surface area contributed by atoms with Crippen molar-refractivity contribution in [2.45, 2.75) is 16.2 Å². The van der Waals surface area contributed by atoms with Gasteiger partial charge in [-0.2, -0.15) is 0 Å². The van der Waals surface area contributed by atoms with Crippen molar-refractivity contribution in [1.82, 2.24) is 0 Å². The van der Waals surface area contributed by atoms with E-state index < -0.39 is 53.3 Å². The molecular weight excluding hydrogens is 484 g/mol. The fraction of sp³-hybridized carbons (Fsp3) is 0.115. The number of hydrogen-bond donors (Lipinski definition) is 0. The number of allylic oxidation sites excluding steroid dienone is 2. The summed E-state index contributed by atoms with van der Waals surface area (Å²) in [4.78, 5) is 32.0. The van der Waals surface area contributed by atoms with E-state index in [1.807, 2.05) is 30.3 Å². The summed E-state index contributed by atoms with van der Waals surface area (Å²) in [6.07, 6.45) is 4.30. The Kier molecular flexibility index (Phi) is 6.63. The van der Waals surface area contributed by atoms with Gasteiger partial charge in [-0.05, 0) is 17.2 Å². The highest BCUT2D eigenvalue weighted by atomic mass is 32.2. The Morgan fingerprint density at radius 3 is 2.19 bits per heavy atom. The molecule has 0 aliphatic heterocycles. The molecular formula is C26H20N2O7S. The molecule has 0 fully saturated rings. The van der Waals surface area contributed by atoms with Crippen LogP contribution >= 0.6 is 0 Å². The number of para-hydroxylation sites is 1. The second-order valence-electron chi connectivity index (χ2n) is 8.13. The lowest BCUT2D eigenvalue weighted by molar-refractivity contribution is -0.534. The zero-order chi connectivity index (χ0) is 25.9. The van der Waals surface area contributed by atoms with Crippen LogP contribution in [0.5, 0.6) is 0 Å². The molecule has 0 N–H and O–H groups in total. The van der Waals surface area contributed by atoms with Crippen LogP contribution in [0.2, 0.25) is 0 Å². The van der Waals surface area contributed by atoms with Crippen molar-refractivity contribution in [2.75, 3.05) is 0 Å². The standard InChI is InChI=1S/C26H20N2O7S/c29-24(22-14-5-4-13-21(22)19-10-2-1-3-11-19)18-20-12-8-9-17-26(20,28(32)33)36(34,35)25-16-7-6-15-23(25)27(30)31/h1-17,20H,18H2. The first-order valence-corrected chi connectivity index (χ1v) is 12.3. The fourth-order valence-corrected chi connectivity index (χ4v) is 6.41. The van der Waals surface area contributed by atoms with Gasteiger partial charge in [-0.25, -0.2) is 8.42 Å². The Morgan fingerprint density at radius 2 is 1.50 bits per heavy atom. The van der Waals surface area contributed by atoms with Gasteiger partial charge in [0.25, 0.3) is 15.5 Å². The van der Waals surface area contributed by atoms with Crippen molar-refractivity contribution in [2.24, 2.45) is 5.92 Å². The SMILES string of the molecule is O=C(CC1C=CC=CC1([N+](=O)[O-])S(=O)(=O)c1ccccc1[N+](=O)[O-])c1ccccc1-c1ccccc1. The molecule has 0 spiro atoms. The molecule has 0 radical (unpaired) electrons. The predicted molar refractivity (Wildman–Crippen MR) is 133 cm³/mol. The lowest BCUT2D eigenvalue weighted by Crippen LogP contribution is -2.51. The highest BCUT2D eigenvalue weighted by molar-refractivity contribution is 7.93. The molecule has 3 aromatic carbocycles. The van der Waals surface area contributed by atoms with Crippen LogP contribution in [0.4, 0.5) is 5.69 Å². The number of nitro groups is 2. The third-order valence-corrected chi connectivity index (χ3v) is 8.48. The molecule has 10 heteroatoms. The van der Waals surface area contributed by atoms with Gasteiger partial charge in [0.05, 0.1) is 10.8 Å². The number of nitrogens with zero attached hydrogens (tertiary/aromatic N) is 2. The van der Waals surface area contributed by atoms with Gasteiger partial charge in [0, 0.05) is 29.0 Å². The Bertz CT molecular complexity index is 1510. The Labute approximate surface area is 206 Å². The molecule has 4 rings (SSSR count). The molecule has 0 bridgehead atoms. The fourth-order valence-electron chi connectivity index (χ4n) is 4.37. The van der Waals surface area contributed by atoms with Crippen molar-refractivity contribution >= 4 is 21.3 Å². The lowest BCUT2D eigenvalue weighted by Gasteiger charge is -2.30. The van der Waals surface area contributed by atoms with Crippen molar-refractivity contribution in [1.29, 1.82) is 0 Å². The summed E-state index contributed by atoms with van der Waals surface area (Å²) in [6, 6.07) is 20.3. The van der Waals surface area contributed by atoms with Crippen LogP contribution in [0.25, 0.3) is 11.1 Å². The molecule has 1 aliphatic carbocycles. The average molecular weight is 505 g/mol. The molecule has 3 aromatic rings.